The summed E-state index contributed by atoms with van der Waals surface area (Å²) in [5.41, 5.74) is 5.49. The van der Waals surface area contributed by atoms with E-state index in [9.17, 15) is 4.79 Å². The molecule has 0 aliphatic heterocycles. The average molecular weight is 453 g/mol. The van der Waals surface area contributed by atoms with Crippen LogP contribution in [0.4, 0.5) is 5.69 Å². The Morgan fingerprint density at radius 3 is 2.42 bits per heavy atom. The highest BCUT2D eigenvalue weighted by Crippen LogP contribution is 2.25. The second kappa shape index (κ2) is 9.08. The van der Waals surface area contributed by atoms with E-state index in [2.05, 4.69) is 34.6 Å². The number of hydrogen-bond donors (Lipinski definition) is 1. The molecule has 1 aromatic heterocycles. The van der Waals surface area contributed by atoms with Gasteiger partial charge in [-0.2, -0.15) is 4.80 Å². The quantitative estimate of drug-likeness (QED) is 0.357. The van der Waals surface area contributed by atoms with Gasteiger partial charge in [-0.15, -0.1) is 10.2 Å². The van der Waals surface area contributed by atoms with Crippen LogP contribution in [0.5, 0.6) is 0 Å². The molecule has 7 heteroatoms. The average Bonchev–Trinajstić information content (AvgIpc) is 3.17. The Morgan fingerprint density at radius 1 is 1.00 bits per heavy atom. The normalized spacial score (nSPS) is 11.1. The standard InChI is InChI=1S/C24H22Cl2N4O/c1-3-4-5-16-6-9-18(10-7-16)30-28-22-12-15(2)21(14-23(22)29-30)27-24(31)19-13-17(25)8-11-20(19)26/h6-14H,3-5H2,1-2H3,(H,27,31). The topological polar surface area (TPSA) is 59.8 Å². The summed E-state index contributed by atoms with van der Waals surface area (Å²) in [7, 11) is 0. The SMILES string of the molecule is CCCCc1ccc(-n2nc3cc(C)c(NC(=O)c4cc(Cl)ccc4Cl)cc3n2)cc1. The first kappa shape index (κ1) is 21.3. The molecule has 4 aromatic rings. The van der Waals surface area contributed by atoms with Crippen LogP contribution in [0, 0.1) is 6.92 Å². The van der Waals surface area contributed by atoms with Crippen LogP contribution < -0.4 is 5.32 Å². The molecule has 1 N–H and O–H groups in total. The van der Waals surface area contributed by atoms with Gasteiger partial charge in [0, 0.05) is 10.7 Å². The monoisotopic (exact) mass is 452 g/mol. The van der Waals surface area contributed by atoms with Crippen LogP contribution in [0.2, 0.25) is 10.0 Å². The molecule has 0 unspecified atom stereocenters. The number of benzene rings is 3. The predicted molar refractivity (Wildman–Crippen MR) is 127 cm³/mol. The lowest BCUT2D eigenvalue weighted by Gasteiger charge is -2.09. The Bertz CT molecular complexity index is 1250. The lowest BCUT2D eigenvalue weighted by molar-refractivity contribution is 0.102. The van der Waals surface area contributed by atoms with E-state index in [0.29, 0.717) is 26.8 Å². The van der Waals surface area contributed by atoms with Crippen molar-refractivity contribution in [2.75, 3.05) is 5.32 Å². The van der Waals surface area contributed by atoms with Gasteiger partial charge in [-0.25, -0.2) is 0 Å². The van der Waals surface area contributed by atoms with E-state index < -0.39 is 0 Å². The molecular formula is C24H22Cl2N4O. The highest BCUT2D eigenvalue weighted by Gasteiger charge is 2.14. The van der Waals surface area contributed by atoms with Crippen molar-refractivity contribution in [1.82, 2.24) is 15.0 Å². The molecular weight excluding hydrogens is 431 g/mol. The van der Waals surface area contributed by atoms with Crippen molar-refractivity contribution in [3.8, 4) is 5.69 Å². The summed E-state index contributed by atoms with van der Waals surface area (Å²) >= 11 is 12.2. The minimum absolute atomic E-state index is 0.320. The number of amides is 1. The van der Waals surface area contributed by atoms with Gasteiger partial charge in [0.2, 0.25) is 0 Å². The molecule has 1 amide bonds. The van der Waals surface area contributed by atoms with Crippen LogP contribution in [0.3, 0.4) is 0 Å². The van der Waals surface area contributed by atoms with Crippen molar-refractivity contribution in [3.05, 3.63) is 81.3 Å². The molecule has 0 atom stereocenters. The molecule has 0 radical (unpaired) electrons. The Balaban J connectivity index is 1.60. The largest absolute Gasteiger partial charge is 0.322 e. The number of hydrogen-bond acceptors (Lipinski definition) is 3. The Hall–Kier alpha value is -2.89. The van der Waals surface area contributed by atoms with E-state index in [0.717, 1.165) is 23.2 Å². The Morgan fingerprint density at radius 2 is 1.71 bits per heavy atom. The van der Waals surface area contributed by atoms with Gasteiger partial charge in [-0.1, -0.05) is 48.7 Å². The molecule has 1 heterocycles. The van der Waals surface area contributed by atoms with Crippen LogP contribution in [0.25, 0.3) is 16.7 Å². The fourth-order valence-electron chi connectivity index (χ4n) is 3.36. The molecule has 0 fully saturated rings. The highest BCUT2D eigenvalue weighted by molar-refractivity contribution is 6.36. The van der Waals surface area contributed by atoms with Gasteiger partial charge in [-0.3, -0.25) is 4.79 Å². The van der Waals surface area contributed by atoms with Crippen molar-refractivity contribution < 1.29 is 4.79 Å². The Kier molecular flexibility index (Phi) is 6.25. The minimum atomic E-state index is -0.329. The first-order chi connectivity index (χ1) is 14.9. The fraction of sp³-hybridized carbons (Fsp3) is 0.208. The molecule has 31 heavy (non-hydrogen) atoms. The summed E-state index contributed by atoms with van der Waals surface area (Å²) in [5.74, 6) is -0.329. The number of rotatable bonds is 6. The Labute approximate surface area is 191 Å². The minimum Gasteiger partial charge on any atom is -0.322 e. The molecule has 0 bridgehead atoms. The number of nitrogens with zero attached hydrogens (tertiary/aromatic N) is 3. The van der Waals surface area contributed by atoms with Crippen LogP contribution in [0.15, 0.2) is 54.6 Å². The zero-order valence-electron chi connectivity index (χ0n) is 17.3. The number of aromatic nitrogens is 3. The number of carbonyl (C=O) groups excluding carboxylic acids is 1. The van der Waals surface area contributed by atoms with Gasteiger partial charge in [0.15, 0.2) is 0 Å². The molecule has 0 saturated heterocycles. The van der Waals surface area contributed by atoms with E-state index in [4.69, 9.17) is 23.2 Å². The second-order valence-corrected chi connectivity index (χ2v) is 8.34. The van der Waals surface area contributed by atoms with Crippen molar-refractivity contribution in [2.24, 2.45) is 0 Å². The summed E-state index contributed by atoms with van der Waals surface area (Å²) in [6, 6.07) is 16.8. The smallest absolute Gasteiger partial charge is 0.257 e. The van der Waals surface area contributed by atoms with Crippen molar-refractivity contribution >= 4 is 45.8 Å². The number of halogens is 2. The third kappa shape index (κ3) is 4.73. The van der Waals surface area contributed by atoms with Gasteiger partial charge in [0.1, 0.15) is 11.0 Å². The van der Waals surface area contributed by atoms with Crippen LogP contribution in [-0.2, 0) is 6.42 Å². The molecule has 0 saturated carbocycles. The van der Waals surface area contributed by atoms with E-state index in [1.165, 1.54) is 18.4 Å². The number of nitrogens with one attached hydrogen (secondary N) is 1. The van der Waals surface area contributed by atoms with E-state index >= 15 is 0 Å². The number of carbonyl (C=O) groups is 1. The summed E-state index contributed by atoms with van der Waals surface area (Å²) < 4.78 is 0. The van der Waals surface area contributed by atoms with Crippen LogP contribution >= 0.6 is 23.2 Å². The maximum Gasteiger partial charge on any atom is 0.257 e. The van der Waals surface area contributed by atoms with Gasteiger partial charge in [0.05, 0.1) is 16.3 Å². The van der Waals surface area contributed by atoms with E-state index in [1.54, 1.807) is 23.0 Å². The molecule has 0 aliphatic carbocycles. The zero-order chi connectivity index (χ0) is 22.0. The number of unbranched alkanes of at least 4 members (excludes halogenated alkanes) is 1. The molecule has 5 nitrogen and oxygen atoms in total. The molecule has 0 spiro atoms. The second-order valence-electron chi connectivity index (χ2n) is 7.49. The molecule has 3 aromatic carbocycles. The summed E-state index contributed by atoms with van der Waals surface area (Å²) in [4.78, 5) is 14.3. The molecule has 4 rings (SSSR count). The lowest BCUT2D eigenvalue weighted by atomic mass is 10.1. The van der Waals surface area contributed by atoms with Gasteiger partial charge >= 0.3 is 0 Å². The van der Waals surface area contributed by atoms with Gasteiger partial charge < -0.3 is 5.32 Å². The maximum absolute atomic E-state index is 12.7. The number of fused-ring (bicyclic) bond motifs is 1. The molecule has 158 valence electrons. The fourth-order valence-corrected chi connectivity index (χ4v) is 3.73. The lowest BCUT2D eigenvalue weighted by Crippen LogP contribution is -2.13. The van der Waals surface area contributed by atoms with Crippen molar-refractivity contribution in [1.29, 1.82) is 0 Å². The maximum atomic E-state index is 12.7. The van der Waals surface area contributed by atoms with E-state index in [-0.39, 0.29) is 5.91 Å². The van der Waals surface area contributed by atoms with E-state index in [1.807, 2.05) is 31.2 Å². The van der Waals surface area contributed by atoms with Gasteiger partial charge in [-0.05, 0) is 73.4 Å². The predicted octanol–water partition coefficient (Wildman–Crippen LogP) is 6.63. The summed E-state index contributed by atoms with van der Waals surface area (Å²) in [6.07, 6.45) is 3.43. The molecule has 0 aliphatic rings. The zero-order valence-corrected chi connectivity index (χ0v) is 18.8. The van der Waals surface area contributed by atoms with Gasteiger partial charge in [0.25, 0.3) is 5.91 Å². The first-order valence-corrected chi connectivity index (χ1v) is 10.9. The number of anilines is 1. The number of aryl methyl sites for hydroxylation is 2. The highest BCUT2D eigenvalue weighted by atomic mass is 35.5. The van der Waals surface area contributed by atoms with Crippen molar-refractivity contribution in [2.45, 2.75) is 33.1 Å². The van der Waals surface area contributed by atoms with Crippen LogP contribution in [0.1, 0.15) is 41.3 Å². The summed E-state index contributed by atoms with van der Waals surface area (Å²) in [5, 5.41) is 12.9. The third-order valence-corrected chi connectivity index (χ3v) is 5.70. The first-order valence-electron chi connectivity index (χ1n) is 10.2. The van der Waals surface area contributed by atoms with Crippen molar-refractivity contribution in [3.63, 3.8) is 0 Å². The summed E-state index contributed by atoms with van der Waals surface area (Å²) in [6.45, 7) is 4.10. The van der Waals surface area contributed by atoms with Crippen LogP contribution in [-0.4, -0.2) is 20.9 Å². The third-order valence-electron chi connectivity index (χ3n) is 5.13.